The molecule has 0 bridgehead atoms. The summed E-state index contributed by atoms with van der Waals surface area (Å²) in [6, 6.07) is 8.66. The summed E-state index contributed by atoms with van der Waals surface area (Å²) in [6.45, 7) is 2.49. The summed E-state index contributed by atoms with van der Waals surface area (Å²) >= 11 is 5.88. The van der Waals surface area contributed by atoms with Gasteiger partial charge in [-0.05, 0) is 30.7 Å². The lowest BCUT2D eigenvalue weighted by Crippen LogP contribution is -2.09. The zero-order chi connectivity index (χ0) is 15.5. The Kier molecular flexibility index (Phi) is 4.73. The Labute approximate surface area is 126 Å². The highest BCUT2D eigenvalue weighted by atomic mass is 35.5. The van der Waals surface area contributed by atoms with E-state index < -0.39 is 11.7 Å². The SMILES string of the molecule is CCCNc1cc(C(F)(F)F)cc(-c2cccc(Cl)c2)n1. The standard InChI is InChI=1S/C15H14ClF3N2/c1-2-6-20-14-9-11(15(17,18)19)8-13(21-14)10-4-3-5-12(16)7-10/h3-5,7-9H,2,6H2,1H3,(H,20,21). The number of benzene rings is 1. The highest BCUT2D eigenvalue weighted by Gasteiger charge is 2.31. The van der Waals surface area contributed by atoms with Gasteiger partial charge in [-0.15, -0.1) is 0 Å². The van der Waals surface area contributed by atoms with Gasteiger partial charge in [0.2, 0.25) is 0 Å². The molecule has 1 N–H and O–H groups in total. The largest absolute Gasteiger partial charge is 0.416 e. The Balaban J connectivity index is 2.49. The molecule has 0 spiro atoms. The third-order valence-electron chi connectivity index (χ3n) is 2.83. The van der Waals surface area contributed by atoms with Crippen molar-refractivity contribution in [2.45, 2.75) is 19.5 Å². The Hall–Kier alpha value is -1.75. The first-order valence-corrected chi connectivity index (χ1v) is 6.87. The van der Waals surface area contributed by atoms with Crippen LogP contribution in [0.2, 0.25) is 5.02 Å². The van der Waals surface area contributed by atoms with Gasteiger partial charge in [-0.2, -0.15) is 13.2 Å². The second-order valence-electron chi connectivity index (χ2n) is 4.56. The van der Waals surface area contributed by atoms with E-state index in [2.05, 4.69) is 10.3 Å². The lowest BCUT2D eigenvalue weighted by Gasteiger charge is -2.12. The average Bonchev–Trinajstić information content (AvgIpc) is 2.44. The van der Waals surface area contributed by atoms with Crippen LogP contribution in [0.3, 0.4) is 0 Å². The molecule has 2 aromatic rings. The van der Waals surface area contributed by atoms with Crippen LogP contribution < -0.4 is 5.32 Å². The highest BCUT2D eigenvalue weighted by Crippen LogP contribution is 2.33. The predicted octanol–water partition coefficient (Wildman–Crippen LogP) is 5.24. The van der Waals surface area contributed by atoms with Gasteiger partial charge in [0, 0.05) is 17.1 Å². The number of aromatic nitrogens is 1. The summed E-state index contributed by atoms with van der Waals surface area (Å²) < 4.78 is 39.0. The summed E-state index contributed by atoms with van der Waals surface area (Å²) in [4.78, 5) is 4.23. The molecule has 112 valence electrons. The minimum atomic E-state index is -4.42. The number of halogens is 4. The van der Waals surface area contributed by atoms with Gasteiger partial charge < -0.3 is 5.32 Å². The lowest BCUT2D eigenvalue weighted by atomic mass is 10.1. The number of nitrogens with zero attached hydrogens (tertiary/aromatic N) is 1. The van der Waals surface area contributed by atoms with E-state index >= 15 is 0 Å². The molecule has 0 amide bonds. The molecule has 0 aliphatic heterocycles. The van der Waals surface area contributed by atoms with E-state index in [9.17, 15) is 13.2 Å². The van der Waals surface area contributed by atoms with Crippen LogP contribution in [0.15, 0.2) is 36.4 Å². The van der Waals surface area contributed by atoms with Gasteiger partial charge in [-0.1, -0.05) is 30.7 Å². The van der Waals surface area contributed by atoms with Gasteiger partial charge in [0.1, 0.15) is 5.82 Å². The minimum Gasteiger partial charge on any atom is -0.370 e. The maximum absolute atomic E-state index is 13.0. The van der Waals surface area contributed by atoms with E-state index in [4.69, 9.17) is 11.6 Å². The third kappa shape index (κ3) is 4.11. The van der Waals surface area contributed by atoms with Crippen LogP contribution in [0.5, 0.6) is 0 Å². The molecule has 0 aliphatic rings. The molecule has 6 heteroatoms. The fourth-order valence-corrected chi connectivity index (χ4v) is 2.02. The van der Waals surface area contributed by atoms with E-state index in [1.807, 2.05) is 6.92 Å². The number of pyridine rings is 1. The molecule has 2 rings (SSSR count). The summed E-state index contributed by atoms with van der Waals surface area (Å²) in [5.74, 6) is 0.210. The first-order valence-electron chi connectivity index (χ1n) is 6.49. The van der Waals surface area contributed by atoms with Crippen molar-refractivity contribution in [3.05, 3.63) is 47.0 Å². The maximum atomic E-state index is 13.0. The zero-order valence-corrected chi connectivity index (χ0v) is 12.1. The van der Waals surface area contributed by atoms with Crippen LogP contribution in [0.1, 0.15) is 18.9 Å². The second-order valence-corrected chi connectivity index (χ2v) is 5.00. The molecule has 0 saturated heterocycles. The van der Waals surface area contributed by atoms with Crippen molar-refractivity contribution in [2.75, 3.05) is 11.9 Å². The maximum Gasteiger partial charge on any atom is 0.416 e. The predicted molar refractivity (Wildman–Crippen MR) is 78.5 cm³/mol. The van der Waals surface area contributed by atoms with Crippen LogP contribution in [0.25, 0.3) is 11.3 Å². The molecule has 0 saturated carbocycles. The van der Waals surface area contributed by atoms with Crippen molar-refractivity contribution < 1.29 is 13.2 Å². The number of hydrogen-bond donors (Lipinski definition) is 1. The number of nitrogens with one attached hydrogen (secondary N) is 1. The van der Waals surface area contributed by atoms with Crippen molar-refractivity contribution >= 4 is 17.4 Å². The lowest BCUT2D eigenvalue weighted by molar-refractivity contribution is -0.137. The quantitative estimate of drug-likeness (QED) is 0.834. The smallest absolute Gasteiger partial charge is 0.370 e. The molecule has 0 atom stereocenters. The first kappa shape index (κ1) is 15.6. The average molecular weight is 315 g/mol. The third-order valence-corrected chi connectivity index (χ3v) is 3.06. The molecule has 1 heterocycles. The molecule has 1 aromatic heterocycles. The topological polar surface area (TPSA) is 24.9 Å². The van der Waals surface area contributed by atoms with Gasteiger partial charge in [0.15, 0.2) is 0 Å². The van der Waals surface area contributed by atoms with Crippen molar-refractivity contribution in [3.8, 4) is 11.3 Å². The zero-order valence-electron chi connectivity index (χ0n) is 11.3. The van der Waals surface area contributed by atoms with Crippen molar-refractivity contribution in [1.82, 2.24) is 4.98 Å². The Morgan fingerprint density at radius 3 is 2.57 bits per heavy atom. The summed E-state index contributed by atoms with van der Waals surface area (Å²) in [5, 5.41) is 3.34. The second kappa shape index (κ2) is 6.35. The number of alkyl halides is 3. The van der Waals surface area contributed by atoms with Crippen LogP contribution >= 0.6 is 11.6 Å². The van der Waals surface area contributed by atoms with Crippen LogP contribution in [-0.2, 0) is 6.18 Å². The summed E-state index contributed by atoms with van der Waals surface area (Å²) in [7, 11) is 0. The van der Waals surface area contributed by atoms with Gasteiger partial charge in [0.05, 0.1) is 11.3 Å². The molecule has 1 aromatic carbocycles. The molecule has 0 aliphatic carbocycles. The monoisotopic (exact) mass is 314 g/mol. The van der Waals surface area contributed by atoms with E-state index in [-0.39, 0.29) is 11.5 Å². The fraction of sp³-hybridized carbons (Fsp3) is 0.267. The molecule has 2 nitrogen and oxygen atoms in total. The molecular formula is C15H14ClF3N2. The minimum absolute atomic E-state index is 0.210. The van der Waals surface area contributed by atoms with Gasteiger partial charge in [-0.25, -0.2) is 4.98 Å². The fourth-order valence-electron chi connectivity index (χ4n) is 1.83. The van der Waals surface area contributed by atoms with E-state index in [1.54, 1.807) is 24.3 Å². The summed E-state index contributed by atoms with van der Waals surface area (Å²) in [6.07, 6.45) is -3.62. The number of hydrogen-bond acceptors (Lipinski definition) is 2. The molecule has 0 unspecified atom stereocenters. The van der Waals surface area contributed by atoms with Crippen molar-refractivity contribution in [1.29, 1.82) is 0 Å². The molecule has 0 radical (unpaired) electrons. The molecule has 0 fully saturated rings. The Morgan fingerprint density at radius 2 is 1.95 bits per heavy atom. The molecule has 21 heavy (non-hydrogen) atoms. The first-order chi connectivity index (χ1) is 9.90. The van der Waals surface area contributed by atoms with Gasteiger partial charge >= 0.3 is 6.18 Å². The normalized spacial score (nSPS) is 11.5. The summed E-state index contributed by atoms with van der Waals surface area (Å²) in [5.41, 5.74) is 0.0603. The number of rotatable bonds is 4. The van der Waals surface area contributed by atoms with Crippen molar-refractivity contribution in [2.24, 2.45) is 0 Å². The van der Waals surface area contributed by atoms with Gasteiger partial charge in [-0.3, -0.25) is 0 Å². The van der Waals surface area contributed by atoms with E-state index in [0.717, 1.165) is 18.6 Å². The number of anilines is 1. The van der Waals surface area contributed by atoms with Crippen LogP contribution in [-0.4, -0.2) is 11.5 Å². The van der Waals surface area contributed by atoms with Gasteiger partial charge in [0.25, 0.3) is 0 Å². The van der Waals surface area contributed by atoms with Crippen LogP contribution in [0, 0.1) is 0 Å². The molecular weight excluding hydrogens is 301 g/mol. The highest BCUT2D eigenvalue weighted by molar-refractivity contribution is 6.30. The van der Waals surface area contributed by atoms with E-state index in [0.29, 0.717) is 17.1 Å². The van der Waals surface area contributed by atoms with E-state index in [1.165, 1.54) is 0 Å². The van der Waals surface area contributed by atoms with Crippen LogP contribution in [0.4, 0.5) is 19.0 Å². The Bertz CT molecular complexity index is 627. The van der Waals surface area contributed by atoms with Crippen molar-refractivity contribution in [3.63, 3.8) is 0 Å². The Morgan fingerprint density at radius 1 is 1.19 bits per heavy atom.